The van der Waals surface area contributed by atoms with Gasteiger partial charge in [-0.1, -0.05) is 12.7 Å². The predicted molar refractivity (Wildman–Crippen MR) is 32.7 cm³/mol. The molecule has 1 unspecified atom stereocenters. The van der Waals surface area contributed by atoms with Crippen LogP contribution in [-0.4, -0.2) is 16.5 Å². The van der Waals surface area contributed by atoms with Gasteiger partial charge >= 0.3 is 0 Å². The molecule has 0 aliphatic rings. The Morgan fingerprint density at radius 3 is 2.38 bits per heavy atom. The van der Waals surface area contributed by atoms with E-state index < -0.39 is 5.60 Å². The molecule has 46 valence electrons. The second kappa shape index (κ2) is 1.96. The first-order valence-corrected chi connectivity index (χ1v) is 2.21. The Hall–Kier alpha value is -0.830. The topological polar surface area (TPSA) is 70.1 Å². The molecule has 0 aliphatic heterocycles. The van der Waals surface area contributed by atoms with Gasteiger partial charge in [-0.2, -0.15) is 0 Å². The maximum atomic E-state index is 8.93. The third-order valence-electron chi connectivity index (χ3n) is 0.943. The zero-order valence-electron chi connectivity index (χ0n) is 4.81. The summed E-state index contributed by atoms with van der Waals surface area (Å²) >= 11 is 0. The highest BCUT2D eigenvalue weighted by molar-refractivity contribution is 5.87. The third-order valence-corrected chi connectivity index (χ3v) is 0.943. The van der Waals surface area contributed by atoms with E-state index in [1.54, 1.807) is 0 Å². The van der Waals surface area contributed by atoms with Crippen LogP contribution in [0.1, 0.15) is 6.92 Å². The summed E-state index contributed by atoms with van der Waals surface area (Å²) in [5.41, 5.74) is 3.61. The van der Waals surface area contributed by atoms with Crippen LogP contribution in [0.25, 0.3) is 0 Å². The van der Waals surface area contributed by atoms with Crippen LogP contribution in [0.3, 0.4) is 0 Å². The Balaban J connectivity index is 4.12. The Morgan fingerprint density at radius 1 is 2.00 bits per heavy atom. The lowest BCUT2D eigenvalue weighted by Gasteiger charge is -2.14. The van der Waals surface area contributed by atoms with Crippen molar-refractivity contribution in [1.29, 1.82) is 5.41 Å². The fourth-order valence-electron chi connectivity index (χ4n) is 0.110. The van der Waals surface area contributed by atoms with E-state index in [-0.39, 0.29) is 5.84 Å². The number of aliphatic hydroxyl groups is 1. The van der Waals surface area contributed by atoms with Crippen molar-refractivity contribution in [2.24, 2.45) is 5.73 Å². The van der Waals surface area contributed by atoms with Gasteiger partial charge < -0.3 is 10.8 Å². The molecule has 0 heterocycles. The summed E-state index contributed by atoms with van der Waals surface area (Å²) in [5.74, 6) is -0.285. The summed E-state index contributed by atoms with van der Waals surface area (Å²) in [6.07, 6.45) is 1.22. The molecule has 3 heteroatoms. The molecule has 0 bridgehead atoms. The van der Waals surface area contributed by atoms with Crippen LogP contribution in [0.2, 0.25) is 0 Å². The number of hydrogen-bond donors (Lipinski definition) is 3. The van der Waals surface area contributed by atoms with Crippen molar-refractivity contribution in [3.8, 4) is 0 Å². The van der Waals surface area contributed by atoms with E-state index in [2.05, 4.69) is 6.58 Å². The summed E-state index contributed by atoms with van der Waals surface area (Å²) < 4.78 is 0. The fraction of sp³-hybridized carbons (Fsp3) is 0.400. The highest BCUT2D eigenvalue weighted by Crippen LogP contribution is 2.00. The molecular formula is C5H10N2O. The van der Waals surface area contributed by atoms with Crippen LogP contribution in [0.15, 0.2) is 12.7 Å². The summed E-state index contributed by atoms with van der Waals surface area (Å²) in [4.78, 5) is 0. The molecule has 0 saturated heterocycles. The van der Waals surface area contributed by atoms with Gasteiger partial charge in [0.15, 0.2) is 0 Å². The first-order chi connectivity index (χ1) is 3.50. The Labute approximate surface area is 48.3 Å². The number of nitrogens with two attached hydrogens (primary N) is 1. The summed E-state index contributed by atoms with van der Waals surface area (Å²) in [6.45, 7) is 4.69. The number of hydrogen-bond acceptors (Lipinski definition) is 2. The van der Waals surface area contributed by atoms with Crippen molar-refractivity contribution >= 4 is 5.84 Å². The van der Waals surface area contributed by atoms with Crippen molar-refractivity contribution in [1.82, 2.24) is 0 Å². The second-order valence-corrected chi connectivity index (χ2v) is 1.77. The van der Waals surface area contributed by atoms with Gasteiger partial charge in [0.05, 0.1) is 0 Å². The van der Waals surface area contributed by atoms with Crippen LogP contribution < -0.4 is 5.73 Å². The van der Waals surface area contributed by atoms with Crippen LogP contribution >= 0.6 is 0 Å². The molecule has 0 aliphatic carbocycles. The maximum absolute atomic E-state index is 8.93. The molecule has 0 aromatic carbocycles. The van der Waals surface area contributed by atoms with E-state index in [0.717, 1.165) is 0 Å². The molecule has 0 amide bonds. The molecule has 0 aromatic heterocycles. The lowest BCUT2D eigenvalue weighted by molar-refractivity contribution is 0.182. The minimum atomic E-state index is -1.33. The lowest BCUT2D eigenvalue weighted by atomic mass is 10.1. The molecule has 0 rings (SSSR count). The zero-order chi connectivity index (χ0) is 6.78. The summed E-state index contributed by atoms with van der Waals surface area (Å²) in [7, 11) is 0. The number of amidine groups is 1. The van der Waals surface area contributed by atoms with Gasteiger partial charge in [0.1, 0.15) is 11.4 Å². The second-order valence-electron chi connectivity index (χ2n) is 1.77. The van der Waals surface area contributed by atoms with Crippen LogP contribution in [0, 0.1) is 5.41 Å². The predicted octanol–water partition coefficient (Wildman–Crippen LogP) is -0.141. The number of rotatable bonds is 2. The Morgan fingerprint density at radius 2 is 2.38 bits per heavy atom. The standard InChI is InChI=1S/C5H10N2O/c1-3-5(2,8)4(6)7/h3,8H,1H2,2H3,(H3,6,7). The molecule has 0 aromatic rings. The maximum Gasteiger partial charge on any atom is 0.136 e. The molecular weight excluding hydrogens is 104 g/mol. The van der Waals surface area contributed by atoms with Gasteiger partial charge in [-0.3, -0.25) is 5.41 Å². The van der Waals surface area contributed by atoms with E-state index in [1.165, 1.54) is 13.0 Å². The third kappa shape index (κ3) is 1.35. The fourth-order valence-corrected chi connectivity index (χ4v) is 0.110. The minimum absolute atomic E-state index is 0.285. The van der Waals surface area contributed by atoms with Crippen LogP contribution in [-0.2, 0) is 0 Å². The van der Waals surface area contributed by atoms with E-state index in [1.807, 2.05) is 0 Å². The first kappa shape index (κ1) is 7.17. The van der Waals surface area contributed by atoms with E-state index in [4.69, 9.17) is 16.2 Å². The molecule has 8 heavy (non-hydrogen) atoms. The van der Waals surface area contributed by atoms with Crippen LogP contribution in [0.4, 0.5) is 0 Å². The van der Waals surface area contributed by atoms with E-state index >= 15 is 0 Å². The molecule has 0 saturated carbocycles. The summed E-state index contributed by atoms with van der Waals surface area (Å²) in [6, 6.07) is 0. The van der Waals surface area contributed by atoms with Crippen molar-refractivity contribution in [2.45, 2.75) is 12.5 Å². The number of nitrogens with one attached hydrogen (secondary N) is 1. The SMILES string of the molecule is C=CC(C)(O)C(=N)N. The van der Waals surface area contributed by atoms with E-state index in [0.29, 0.717) is 0 Å². The Kier molecular flexibility index (Phi) is 1.76. The zero-order valence-corrected chi connectivity index (χ0v) is 4.81. The van der Waals surface area contributed by atoms with Crippen molar-refractivity contribution < 1.29 is 5.11 Å². The van der Waals surface area contributed by atoms with Crippen molar-refractivity contribution in [3.05, 3.63) is 12.7 Å². The largest absolute Gasteiger partial charge is 0.385 e. The Bertz CT molecular complexity index is 118. The minimum Gasteiger partial charge on any atom is -0.385 e. The summed E-state index contributed by atoms with van der Waals surface area (Å²) in [5, 5.41) is 15.7. The quantitative estimate of drug-likeness (QED) is 0.265. The van der Waals surface area contributed by atoms with Gasteiger partial charge in [-0.25, -0.2) is 0 Å². The molecule has 0 fully saturated rings. The van der Waals surface area contributed by atoms with Crippen LogP contribution in [0.5, 0.6) is 0 Å². The monoisotopic (exact) mass is 114 g/mol. The molecule has 0 radical (unpaired) electrons. The smallest absolute Gasteiger partial charge is 0.136 e. The van der Waals surface area contributed by atoms with Gasteiger partial charge in [0.2, 0.25) is 0 Å². The average Bonchev–Trinajstić information content (AvgIpc) is 1.67. The molecule has 0 spiro atoms. The van der Waals surface area contributed by atoms with Crippen molar-refractivity contribution in [2.75, 3.05) is 0 Å². The van der Waals surface area contributed by atoms with Gasteiger partial charge in [0.25, 0.3) is 0 Å². The molecule has 1 atom stereocenters. The van der Waals surface area contributed by atoms with E-state index in [9.17, 15) is 0 Å². The average molecular weight is 114 g/mol. The first-order valence-electron chi connectivity index (χ1n) is 2.21. The normalized spacial score (nSPS) is 16.8. The van der Waals surface area contributed by atoms with Gasteiger partial charge in [-0.15, -0.1) is 0 Å². The van der Waals surface area contributed by atoms with Gasteiger partial charge in [-0.05, 0) is 6.92 Å². The highest BCUT2D eigenvalue weighted by Gasteiger charge is 2.17. The van der Waals surface area contributed by atoms with Gasteiger partial charge in [0, 0.05) is 0 Å². The molecule has 4 N–H and O–H groups in total. The lowest BCUT2D eigenvalue weighted by Crippen LogP contribution is -2.37. The highest BCUT2D eigenvalue weighted by atomic mass is 16.3. The molecule has 3 nitrogen and oxygen atoms in total. The van der Waals surface area contributed by atoms with Crippen molar-refractivity contribution in [3.63, 3.8) is 0 Å².